The van der Waals surface area contributed by atoms with Crippen molar-refractivity contribution < 1.29 is 9.26 Å². The van der Waals surface area contributed by atoms with Gasteiger partial charge in [-0.05, 0) is 37.1 Å². The van der Waals surface area contributed by atoms with E-state index in [4.69, 9.17) is 26.6 Å². The van der Waals surface area contributed by atoms with Crippen LogP contribution in [0.4, 0.5) is 0 Å². The summed E-state index contributed by atoms with van der Waals surface area (Å²) in [7, 11) is 0. The molecule has 2 rings (SSSR count). The monoisotopic (exact) mass is 295 g/mol. The van der Waals surface area contributed by atoms with Crippen molar-refractivity contribution >= 4 is 11.6 Å². The van der Waals surface area contributed by atoms with Gasteiger partial charge in [0.2, 0.25) is 11.7 Å². The molecule has 20 heavy (non-hydrogen) atoms. The van der Waals surface area contributed by atoms with Crippen LogP contribution in [0.2, 0.25) is 5.02 Å². The number of hydrogen-bond acceptors (Lipinski definition) is 5. The van der Waals surface area contributed by atoms with Crippen LogP contribution in [-0.2, 0) is 19.4 Å². The largest absolute Gasteiger partial charge is 0.484 e. The predicted molar refractivity (Wildman–Crippen MR) is 76.8 cm³/mol. The van der Waals surface area contributed by atoms with E-state index < -0.39 is 0 Å². The van der Waals surface area contributed by atoms with Crippen LogP contribution in [0.1, 0.15) is 30.6 Å². The fourth-order valence-electron chi connectivity index (χ4n) is 1.79. The molecule has 0 fully saturated rings. The highest BCUT2D eigenvalue weighted by atomic mass is 35.5. The number of hydrogen-bond donors (Lipinski definition) is 1. The van der Waals surface area contributed by atoms with Gasteiger partial charge in [0.25, 0.3) is 0 Å². The van der Waals surface area contributed by atoms with E-state index in [-0.39, 0.29) is 6.61 Å². The van der Waals surface area contributed by atoms with Crippen molar-refractivity contribution in [1.29, 1.82) is 0 Å². The zero-order valence-electron chi connectivity index (χ0n) is 11.4. The molecule has 0 amide bonds. The maximum atomic E-state index is 6.16. The van der Waals surface area contributed by atoms with Crippen LogP contribution >= 0.6 is 11.6 Å². The quantitative estimate of drug-likeness (QED) is 0.850. The first kappa shape index (κ1) is 14.8. The minimum absolute atomic E-state index is 0.239. The third kappa shape index (κ3) is 3.95. The molecule has 6 heteroatoms. The number of benzene rings is 1. The molecule has 0 radical (unpaired) electrons. The van der Waals surface area contributed by atoms with Crippen molar-refractivity contribution in [2.24, 2.45) is 5.73 Å². The molecule has 2 aromatic rings. The number of nitrogens with zero attached hydrogens (tertiary/aromatic N) is 2. The second kappa shape index (κ2) is 7.26. The minimum Gasteiger partial charge on any atom is -0.484 e. The van der Waals surface area contributed by atoms with Crippen LogP contribution in [0.25, 0.3) is 0 Å². The second-order valence-corrected chi connectivity index (χ2v) is 4.85. The zero-order chi connectivity index (χ0) is 14.4. The second-order valence-electron chi connectivity index (χ2n) is 4.45. The van der Waals surface area contributed by atoms with Crippen LogP contribution in [-0.4, -0.2) is 16.7 Å². The van der Waals surface area contributed by atoms with Crippen molar-refractivity contribution in [2.75, 3.05) is 6.54 Å². The lowest BCUT2D eigenvalue weighted by molar-refractivity contribution is 0.285. The Kier molecular flexibility index (Phi) is 5.38. The SMILES string of the molecule is CCCc1nc(COc2ccc(CCN)cc2Cl)no1. The molecule has 0 atom stereocenters. The molecule has 0 bridgehead atoms. The lowest BCUT2D eigenvalue weighted by Crippen LogP contribution is -2.03. The van der Waals surface area contributed by atoms with Gasteiger partial charge in [0.15, 0.2) is 6.61 Å². The fourth-order valence-corrected chi connectivity index (χ4v) is 2.05. The van der Waals surface area contributed by atoms with Crippen molar-refractivity contribution in [3.8, 4) is 5.75 Å². The lowest BCUT2D eigenvalue weighted by Gasteiger charge is -2.07. The number of rotatable bonds is 7. The first-order chi connectivity index (χ1) is 9.72. The molecule has 1 heterocycles. The summed E-state index contributed by atoms with van der Waals surface area (Å²) in [4.78, 5) is 4.23. The van der Waals surface area contributed by atoms with Crippen LogP contribution in [0.15, 0.2) is 22.7 Å². The molecular weight excluding hydrogens is 278 g/mol. The molecule has 0 aliphatic carbocycles. The molecule has 2 N–H and O–H groups in total. The van der Waals surface area contributed by atoms with Crippen molar-refractivity contribution in [2.45, 2.75) is 32.8 Å². The van der Waals surface area contributed by atoms with E-state index >= 15 is 0 Å². The van der Waals surface area contributed by atoms with E-state index in [1.165, 1.54) is 0 Å². The number of aromatic nitrogens is 2. The van der Waals surface area contributed by atoms with Gasteiger partial charge in [0, 0.05) is 6.42 Å². The van der Waals surface area contributed by atoms with Crippen LogP contribution in [0.3, 0.4) is 0 Å². The molecule has 108 valence electrons. The van der Waals surface area contributed by atoms with Gasteiger partial charge in [-0.15, -0.1) is 0 Å². The van der Waals surface area contributed by atoms with Gasteiger partial charge in [0.05, 0.1) is 5.02 Å². The molecule has 0 spiro atoms. The Balaban J connectivity index is 1.95. The Labute approximate surface area is 123 Å². The molecule has 1 aromatic heterocycles. The van der Waals surface area contributed by atoms with E-state index in [1.807, 2.05) is 18.2 Å². The van der Waals surface area contributed by atoms with Gasteiger partial charge in [-0.2, -0.15) is 4.98 Å². The summed E-state index contributed by atoms with van der Waals surface area (Å²) in [6, 6.07) is 5.65. The standard InChI is InChI=1S/C14H18ClN3O2/c1-2-3-14-17-13(18-20-14)9-19-12-5-4-10(6-7-16)8-11(12)15/h4-5,8H,2-3,6-7,9,16H2,1H3. The van der Waals surface area contributed by atoms with Gasteiger partial charge in [-0.3, -0.25) is 0 Å². The van der Waals surface area contributed by atoms with Gasteiger partial charge in [0.1, 0.15) is 5.75 Å². The average Bonchev–Trinajstić information content (AvgIpc) is 2.86. The fraction of sp³-hybridized carbons (Fsp3) is 0.429. The molecule has 0 unspecified atom stereocenters. The van der Waals surface area contributed by atoms with Crippen LogP contribution in [0.5, 0.6) is 5.75 Å². The van der Waals surface area contributed by atoms with E-state index in [2.05, 4.69) is 17.1 Å². The van der Waals surface area contributed by atoms with Crippen molar-refractivity contribution in [3.63, 3.8) is 0 Å². The maximum Gasteiger partial charge on any atom is 0.226 e. The Bertz CT molecular complexity index is 557. The Morgan fingerprint density at radius 3 is 2.90 bits per heavy atom. The number of ether oxygens (including phenoxy) is 1. The van der Waals surface area contributed by atoms with Gasteiger partial charge in [-0.1, -0.05) is 29.7 Å². The van der Waals surface area contributed by atoms with Gasteiger partial charge < -0.3 is 15.0 Å². The zero-order valence-corrected chi connectivity index (χ0v) is 12.2. The first-order valence-electron chi connectivity index (χ1n) is 6.65. The highest BCUT2D eigenvalue weighted by Crippen LogP contribution is 2.26. The smallest absolute Gasteiger partial charge is 0.226 e. The van der Waals surface area contributed by atoms with E-state index in [9.17, 15) is 0 Å². The molecule has 0 aliphatic heterocycles. The number of nitrogens with two attached hydrogens (primary N) is 1. The van der Waals surface area contributed by atoms with E-state index in [1.54, 1.807) is 0 Å². The maximum absolute atomic E-state index is 6.16. The van der Waals surface area contributed by atoms with E-state index in [0.717, 1.165) is 24.8 Å². The summed E-state index contributed by atoms with van der Waals surface area (Å²) in [5.41, 5.74) is 6.60. The Morgan fingerprint density at radius 1 is 1.35 bits per heavy atom. The number of aryl methyl sites for hydroxylation is 1. The van der Waals surface area contributed by atoms with Crippen LogP contribution < -0.4 is 10.5 Å². The summed E-state index contributed by atoms with van der Waals surface area (Å²) in [5, 5.41) is 4.42. The molecule has 0 saturated heterocycles. The highest BCUT2D eigenvalue weighted by molar-refractivity contribution is 6.32. The Morgan fingerprint density at radius 2 is 2.20 bits per heavy atom. The molecular formula is C14H18ClN3O2. The predicted octanol–water partition coefficient (Wildman–Crippen LogP) is 2.76. The average molecular weight is 296 g/mol. The summed E-state index contributed by atoms with van der Waals surface area (Å²) < 4.78 is 10.7. The topological polar surface area (TPSA) is 74.2 Å². The molecule has 0 saturated carbocycles. The minimum atomic E-state index is 0.239. The molecule has 1 aromatic carbocycles. The molecule has 5 nitrogen and oxygen atoms in total. The number of halogens is 1. The summed E-state index contributed by atoms with van der Waals surface area (Å²) in [6.07, 6.45) is 2.55. The summed E-state index contributed by atoms with van der Waals surface area (Å²) in [5.74, 6) is 1.76. The summed E-state index contributed by atoms with van der Waals surface area (Å²) >= 11 is 6.16. The van der Waals surface area contributed by atoms with Gasteiger partial charge >= 0.3 is 0 Å². The van der Waals surface area contributed by atoms with Crippen molar-refractivity contribution in [1.82, 2.24) is 10.1 Å². The highest BCUT2D eigenvalue weighted by Gasteiger charge is 2.08. The first-order valence-corrected chi connectivity index (χ1v) is 7.03. The third-order valence-electron chi connectivity index (χ3n) is 2.76. The normalized spacial score (nSPS) is 10.8. The van der Waals surface area contributed by atoms with E-state index in [0.29, 0.717) is 29.0 Å². The van der Waals surface area contributed by atoms with Gasteiger partial charge in [-0.25, -0.2) is 0 Å². The van der Waals surface area contributed by atoms with Crippen molar-refractivity contribution in [3.05, 3.63) is 40.5 Å². The molecule has 0 aliphatic rings. The van der Waals surface area contributed by atoms with Crippen LogP contribution in [0, 0.1) is 0 Å². The summed E-state index contributed by atoms with van der Waals surface area (Å²) in [6.45, 7) is 2.89. The lowest BCUT2D eigenvalue weighted by atomic mass is 10.1. The Hall–Kier alpha value is -1.59. The third-order valence-corrected chi connectivity index (χ3v) is 3.06.